The lowest BCUT2D eigenvalue weighted by molar-refractivity contribution is 0.0787. The number of nitrogens with zero attached hydrogens (tertiary/aromatic N) is 4. The van der Waals surface area contributed by atoms with E-state index in [1.54, 1.807) is 11.8 Å². The number of nitrogens with one attached hydrogen (secondary N) is 1. The summed E-state index contributed by atoms with van der Waals surface area (Å²) in [6.07, 6.45) is 5.46. The molecule has 3 aromatic rings. The van der Waals surface area contributed by atoms with E-state index in [0.717, 1.165) is 46.5 Å². The van der Waals surface area contributed by atoms with Crippen molar-refractivity contribution in [1.29, 1.82) is 0 Å². The highest BCUT2D eigenvalue weighted by Crippen LogP contribution is 2.38. The SMILES string of the molecule is COCc1nn(C)cc1Nc1nn(C2CCC2)c2cc(C(C)(C)O)ccc12. The molecule has 4 rings (SSSR count). The van der Waals surface area contributed by atoms with Gasteiger partial charge in [0.25, 0.3) is 0 Å². The second-order valence-electron chi connectivity index (χ2n) is 7.89. The van der Waals surface area contributed by atoms with Crippen LogP contribution in [-0.4, -0.2) is 31.8 Å². The molecule has 1 saturated carbocycles. The smallest absolute Gasteiger partial charge is 0.160 e. The lowest BCUT2D eigenvalue weighted by atomic mass is 9.92. The predicted octanol–water partition coefficient (Wildman–Crippen LogP) is 3.61. The second-order valence-corrected chi connectivity index (χ2v) is 7.89. The molecule has 27 heavy (non-hydrogen) atoms. The molecule has 1 aliphatic rings. The van der Waals surface area contributed by atoms with E-state index in [-0.39, 0.29) is 0 Å². The Kier molecular flexibility index (Phi) is 4.44. The van der Waals surface area contributed by atoms with Crippen LogP contribution in [-0.2, 0) is 24.0 Å². The van der Waals surface area contributed by atoms with Gasteiger partial charge in [0.15, 0.2) is 5.82 Å². The van der Waals surface area contributed by atoms with E-state index in [1.807, 2.05) is 39.2 Å². The standard InChI is InChI=1S/C20H27N5O2/c1-20(2,26)13-8-9-15-18(10-13)25(14-6-5-7-14)23-19(15)21-16-11-24(3)22-17(16)12-27-4/h8-11,14,26H,5-7,12H2,1-4H3,(H,21,23). The van der Waals surface area contributed by atoms with Gasteiger partial charge in [0.1, 0.15) is 5.69 Å². The molecule has 7 nitrogen and oxygen atoms in total. The van der Waals surface area contributed by atoms with Crippen molar-refractivity contribution < 1.29 is 9.84 Å². The van der Waals surface area contributed by atoms with Crippen molar-refractivity contribution in [2.24, 2.45) is 7.05 Å². The third-order valence-electron chi connectivity index (χ3n) is 5.27. The number of hydrogen-bond acceptors (Lipinski definition) is 5. The van der Waals surface area contributed by atoms with Crippen LogP contribution in [0.3, 0.4) is 0 Å². The first-order chi connectivity index (χ1) is 12.9. The molecule has 0 unspecified atom stereocenters. The van der Waals surface area contributed by atoms with Crippen LogP contribution in [0.1, 0.15) is 50.4 Å². The van der Waals surface area contributed by atoms with Gasteiger partial charge in [-0.15, -0.1) is 0 Å². The van der Waals surface area contributed by atoms with Gasteiger partial charge in [0, 0.05) is 25.7 Å². The van der Waals surface area contributed by atoms with Crippen LogP contribution in [0.5, 0.6) is 0 Å². The van der Waals surface area contributed by atoms with E-state index >= 15 is 0 Å². The average molecular weight is 369 g/mol. The maximum atomic E-state index is 10.4. The van der Waals surface area contributed by atoms with Gasteiger partial charge in [-0.3, -0.25) is 9.36 Å². The zero-order valence-corrected chi connectivity index (χ0v) is 16.4. The van der Waals surface area contributed by atoms with Crippen molar-refractivity contribution in [1.82, 2.24) is 19.6 Å². The van der Waals surface area contributed by atoms with Crippen LogP contribution < -0.4 is 5.32 Å². The molecule has 2 heterocycles. The van der Waals surface area contributed by atoms with Crippen LogP contribution in [0.2, 0.25) is 0 Å². The average Bonchev–Trinajstić information content (AvgIpc) is 3.07. The first kappa shape index (κ1) is 18.0. The van der Waals surface area contributed by atoms with Gasteiger partial charge in [0.2, 0.25) is 0 Å². The first-order valence-corrected chi connectivity index (χ1v) is 9.40. The minimum absolute atomic E-state index is 0.424. The Hall–Kier alpha value is -2.38. The minimum Gasteiger partial charge on any atom is -0.386 e. The van der Waals surface area contributed by atoms with Gasteiger partial charge < -0.3 is 15.2 Å². The van der Waals surface area contributed by atoms with E-state index in [2.05, 4.69) is 21.2 Å². The summed E-state index contributed by atoms with van der Waals surface area (Å²) in [5.41, 5.74) is 2.80. The van der Waals surface area contributed by atoms with Gasteiger partial charge in [-0.1, -0.05) is 6.07 Å². The largest absolute Gasteiger partial charge is 0.386 e. The number of aryl methyl sites for hydroxylation is 1. The zero-order valence-electron chi connectivity index (χ0n) is 16.4. The molecule has 2 aromatic heterocycles. The number of rotatable bonds is 6. The second kappa shape index (κ2) is 6.65. The van der Waals surface area contributed by atoms with Crippen LogP contribution in [0.4, 0.5) is 11.5 Å². The lowest BCUT2D eigenvalue weighted by Crippen LogP contribution is -2.19. The van der Waals surface area contributed by atoms with Crippen molar-refractivity contribution in [2.45, 2.75) is 51.4 Å². The Morgan fingerprint density at radius 2 is 2.07 bits per heavy atom. The Bertz CT molecular complexity index is 963. The monoisotopic (exact) mass is 369 g/mol. The highest BCUT2D eigenvalue weighted by atomic mass is 16.5. The fourth-order valence-corrected chi connectivity index (χ4v) is 3.53. The molecule has 0 aliphatic heterocycles. The molecule has 0 bridgehead atoms. The number of aliphatic hydroxyl groups is 1. The number of ether oxygens (including phenoxy) is 1. The summed E-state index contributed by atoms with van der Waals surface area (Å²) in [6.45, 7) is 4.06. The quantitative estimate of drug-likeness (QED) is 0.694. The van der Waals surface area contributed by atoms with Crippen LogP contribution in [0, 0.1) is 0 Å². The van der Waals surface area contributed by atoms with E-state index in [1.165, 1.54) is 6.42 Å². The van der Waals surface area contributed by atoms with Gasteiger partial charge >= 0.3 is 0 Å². The summed E-state index contributed by atoms with van der Waals surface area (Å²) >= 11 is 0. The van der Waals surface area contributed by atoms with Gasteiger partial charge in [-0.25, -0.2) is 0 Å². The molecular formula is C20H27N5O2. The normalized spacial score (nSPS) is 15.3. The summed E-state index contributed by atoms with van der Waals surface area (Å²) in [5.74, 6) is 0.810. The molecule has 0 radical (unpaired) electrons. The molecule has 2 N–H and O–H groups in total. The third kappa shape index (κ3) is 3.33. The zero-order chi connectivity index (χ0) is 19.2. The molecule has 0 spiro atoms. The summed E-state index contributed by atoms with van der Waals surface area (Å²) < 4.78 is 9.15. The maximum Gasteiger partial charge on any atom is 0.160 e. The lowest BCUT2D eigenvalue weighted by Gasteiger charge is -2.26. The fraction of sp³-hybridized carbons (Fsp3) is 0.500. The van der Waals surface area contributed by atoms with Crippen LogP contribution >= 0.6 is 0 Å². The number of anilines is 2. The number of benzene rings is 1. The first-order valence-electron chi connectivity index (χ1n) is 9.40. The molecular weight excluding hydrogens is 342 g/mol. The van der Waals surface area contributed by atoms with E-state index in [9.17, 15) is 5.11 Å². The molecule has 0 atom stereocenters. The molecule has 144 valence electrons. The molecule has 0 saturated heterocycles. The molecule has 7 heteroatoms. The molecule has 1 aromatic carbocycles. The Labute approximate surface area is 158 Å². The summed E-state index contributed by atoms with van der Waals surface area (Å²) in [6, 6.07) is 6.50. The highest BCUT2D eigenvalue weighted by molar-refractivity contribution is 5.92. The summed E-state index contributed by atoms with van der Waals surface area (Å²) in [5, 5.41) is 24.2. The molecule has 0 amide bonds. The van der Waals surface area contributed by atoms with Gasteiger partial charge in [-0.05, 0) is 50.8 Å². The fourth-order valence-electron chi connectivity index (χ4n) is 3.53. The predicted molar refractivity (Wildman–Crippen MR) is 105 cm³/mol. The van der Waals surface area contributed by atoms with E-state index < -0.39 is 5.60 Å². The van der Waals surface area contributed by atoms with Gasteiger partial charge in [-0.2, -0.15) is 10.2 Å². The molecule has 1 fully saturated rings. The number of fused-ring (bicyclic) bond motifs is 1. The number of methoxy groups -OCH3 is 1. The van der Waals surface area contributed by atoms with E-state index in [4.69, 9.17) is 9.84 Å². The minimum atomic E-state index is -0.883. The summed E-state index contributed by atoms with van der Waals surface area (Å²) in [4.78, 5) is 0. The Balaban J connectivity index is 1.79. The van der Waals surface area contributed by atoms with Crippen molar-refractivity contribution in [3.05, 3.63) is 35.7 Å². The number of hydrogen-bond donors (Lipinski definition) is 2. The topological polar surface area (TPSA) is 77.1 Å². The van der Waals surface area contributed by atoms with Crippen LogP contribution in [0.25, 0.3) is 10.9 Å². The third-order valence-corrected chi connectivity index (χ3v) is 5.27. The van der Waals surface area contributed by atoms with Crippen molar-refractivity contribution in [3.8, 4) is 0 Å². The van der Waals surface area contributed by atoms with Crippen molar-refractivity contribution >= 4 is 22.4 Å². The number of aromatic nitrogens is 4. The van der Waals surface area contributed by atoms with Crippen LogP contribution in [0.15, 0.2) is 24.4 Å². The van der Waals surface area contributed by atoms with Gasteiger partial charge in [0.05, 0.1) is 29.5 Å². The summed E-state index contributed by atoms with van der Waals surface area (Å²) in [7, 11) is 3.56. The maximum absolute atomic E-state index is 10.4. The van der Waals surface area contributed by atoms with E-state index in [0.29, 0.717) is 12.6 Å². The Morgan fingerprint density at radius 1 is 1.30 bits per heavy atom. The molecule has 1 aliphatic carbocycles. The van der Waals surface area contributed by atoms with Crippen molar-refractivity contribution in [2.75, 3.05) is 12.4 Å². The highest BCUT2D eigenvalue weighted by Gasteiger charge is 2.26. The van der Waals surface area contributed by atoms with Crippen molar-refractivity contribution in [3.63, 3.8) is 0 Å². The Morgan fingerprint density at radius 3 is 2.70 bits per heavy atom.